The first-order valence-electron chi connectivity index (χ1n) is 13.3. The van der Waals surface area contributed by atoms with E-state index in [1.807, 2.05) is 36.4 Å². The van der Waals surface area contributed by atoms with Crippen molar-refractivity contribution in [1.29, 1.82) is 0 Å². The number of carbonyl (C=O) groups is 2. The fraction of sp³-hybridized carbons (Fsp3) is 0.226. The average molecular weight is 623 g/mol. The zero-order valence-electron chi connectivity index (χ0n) is 23.8. The summed E-state index contributed by atoms with van der Waals surface area (Å²) in [5, 5.41) is 10.1. The molecular weight excluding hydrogens is 592 g/mol. The van der Waals surface area contributed by atoms with Gasteiger partial charge in [-0.25, -0.2) is 18.2 Å². The number of rotatable bonds is 10. The van der Waals surface area contributed by atoms with Crippen molar-refractivity contribution in [3.63, 3.8) is 0 Å². The second-order valence-electron chi connectivity index (χ2n) is 10.6. The van der Waals surface area contributed by atoms with Crippen LogP contribution in [0.15, 0.2) is 96.2 Å². The molecule has 4 rings (SSSR count). The van der Waals surface area contributed by atoms with Gasteiger partial charge in [-0.1, -0.05) is 54.1 Å². The molecule has 224 valence electrons. The number of aliphatic carboxylic acids is 1. The number of pyridine rings is 2. The van der Waals surface area contributed by atoms with Gasteiger partial charge in [0, 0.05) is 24.0 Å². The third-order valence-corrected chi connectivity index (χ3v) is 8.10. The van der Waals surface area contributed by atoms with E-state index >= 15 is 0 Å². The van der Waals surface area contributed by atoms with E-state index in [0.29, 0.717) is 10.7 Å². The molecule has 0 bridgehead atoms. The van der Waals surface area contributed by atoms with Gasteiger partial charge >= 0.3 is 12.1 Å². The van der Waals surface area contributed by atoms with Crippen molar-refractivity contribution in [3.8, 4) is 11.1 Å². The molecule has 12 heteroatoms. The van der Waals surface area contributed by atoms with Gasteiger partial charge in [0.1, 0.15) is 22.9 Å². The van der Waals surface area contributed by atoms with E-state index in [9.17, 15) is 23.1 Å². The standard InChI is InChI=1S/C31H31ClN4O6S/c1-31(2,3)42-30(39)36(21-29(37)38)28-8-4-6-26(34-28)20-35(43(40,41)27-7-5-17-33-18-27)19-22-9-11-23(12-10-22)24-13-15-25(32)16-14-24/h4-18H,19-21H2,1-3H3,(H,37,38). The number of nitrogens with zero attached hydrogens (tertiary/aromatic N) is 4. The Morgan fingerprint density at radius 1 is 0.907 bits per heavy atom. The minimum Gasteiger partial charge on any atom is -0.480 e. The summed E-state index contributed by atoms with van der Waals surface area (Å²) >= 11 is 6.01. The van der Waals surface area contributed by atoms with Crippen LogP contribution in [0.25, 0.3) is 11.1 Å². The number of amides is 1. The number of aromatic nitrogens is 2. The first-order valence-corrected chi connectivity index (χ1v) is 15.1. The van der Waals surface area contributed by atoms with Crippen LogP contribution >= 0.6 is 11.6 Å². The van der Waals surface area contributed by atoms with Crippen molar-refractivity contribution in [1.82, 2.24) is 14.3 Å². The topological polar surface area (TPSA) is 130 Å². The van der Waals surface area contributed by atoms with Gasteiger partial charge in [0.25, 0.3) is 0 Å². The van der Waals surface area contributed by atoms with Crippen molar-refractivity contribution >= 4 is 39.5 Å². The van der Waals surface area contributed by atoms with Gasteiger partial charge in [0.05, 0.1) is 12.2 Å². The Hall–Kier alpha value is -4.32. The van der Waals surface area contributed by atoms with Crippen LogP contribution in [0.2, 0.25) is 5.02 Å². The number of benzene rings is 2. The number of sulfonamides is 1. The zero-order chi connectivity index (χ0) is 31.2. The van der Waals surface area contributed by atoms with Crippen molar-refractivity contribution in [2.45, 2.75) is 44.4 Å². The lowest BCUT2D eigenvalue weighted by Gasteiger charge is -2.26. The van der Waals surface area contributed by atoms with Crippen molar-refractivity contribution < 1.29 is 27.9 Å². The van der Waals surface area contributed by atoms with Gasteiger partial charge < -0.3 is 9.84 Å². The summed E-state index contributed by atoms with van der Waals surface area (Å²) in [6.07, 6.45) is 1.87. The zero-order valence-corrected chi connectivity index (χ0v) is 25.4. The number of anilines is 1. The lowest BCUT2D eigenvalue weighted by Crippen LogP contribution is -2.40. The molecule has 0 saturated carbocycles. The molecule has 43 heavy (non-hydrogen) atoms. The highest BCUT2D eigenvalue weighted by Gasteiger charge is 2.28. The van der Waals surface area contributed by atoms with E-state index in [4.69, 9.17) is 16.3 Å². The monoisotopic (exact) mass is 622 g/mol. The van der Waals surface area contributed by atoms with Crippen LogP contribution in [0, 0.1) is 0 Å². The fourth-order valence-electron chi connectivity index (χ4n) is 4.10. The fourth-order valence-corrected chi connectivity index (χ4v) is 5.59. The van der Waals surface area contributed by atoms with Crippen molar-refractivity contribution in [3.05, 3.63) is 108 Å². The van der Waals surface area contributed by atoms with Gasteiger partial charge in [-0.15, -0.1) is 0 Å². The lowest BCUT2D eigenvalue weighted by molar-refractivity contribution is -0.135. The van der Waals surface area contributed by atoms with Gasteiger partial charge in [-0.2, -0.15) is 4.31 Å². The first kappa shape index (κ1) is 31.6. The molecule has 4 aromatic rings. The van der Waals surface area contributed by atoms with Gasteiger partial charge in [-0.3, -0.25) is 14.7 Å². The summed E-state index contributed by atoms with van der Waals surface area (Å²) in [5.41, 5.74) is 2.05. The predicted molar refractivity (Wildman–Crippen MR) is 163 cm³/mol. The molecule has 0 unspecified atom stereocenters. The quantitative estimate of drug-likeness (QED) is 0.227. The van der Waals surface area contributed by atoms with E-state index in [2.05, 4.69) is 9.97 Å². The summed E-state index contributed by atoms with van der Waals surface area (Å²) in [4.78, 5) is 33.7. The van der Waals surface area contributed by atoms with E-state index in [0.717, 1.165) is 21.6 Å². The average Bonchev–Trinajstić information content (AvgIpc) is 2.96. The predicted octanol–water partition coefficient (Wildman–Crippen LogP) is 6.01. The number of hydrogen-bond donors (Lipinski definition) is 1. The van der Waals surface area contributed by atoms with E-state index in [1.165, 1.54) is 34.9 Å². The third kappa shape index (κ3) is 8.60. The van der Waals surface area contributed by atoms with Crippen LogP contribution in [-0.4, -0.2) is 52.0 Å². The SMILES string of the molecule is CC(C)(C)OC(=O)N(CC(=O)O)c1cccc(CN(Cc2ccc(-c3ccc(Cl)cc3)cc2)S(=O)(=O)c2cccnc2)n1. The summed E-state index contributed by atoms with van der Waals surface area (Å²) in [7, 11) is -4.04. The molecule has 0 aliphatic heterocycles. The van der Waals surface area contributed by atoms with Crippen molar-refractivity contribution in [2.24, 2.45) is 0 Å². The molecule has 1 N–H and O–H groups in total. The Morgan fingerprint density at radius 3 is 2.14 bits per heavy atom. The Morgan fingerprint density at radius 2 is 1.56 bits per heavy atom. The molecule has 10 nitrogen and oxygen atoms in total. The second kappa shape index (κ2) is 13.3. The Labute approximate surface area is 255 Å². The smallest absolute Gasteiger partial charge is 0.416 e. The van der Waals surface area contributed by atoms with Gasteiger partial charge in [-0.05, 0) is 73.9 Å². The number of ether oxygens (including phenoxy) is 1. The Balaban J connectivity index is 1.66. The van der Waals surface area contributed by atoms with Crippen LogP contribution in [0.3, 0.4) is 0 Å². The second-order valence-corrected chi connectivity index (χ2v) is 13.0. The molecule has 0 fully saturated rings. The lowest BCUT2D eigenvalue weighted by atomic mass is 10.0. The Bertz CT molecular complexity index is 1680. The van der Waals surface area contributed by atoms with Crippen LogP contribution < -0.4 is 4.90 Å². The van der Waals surface area contributed by atoms with E-state index < -0.39 is 34.2 Å². The molecule has 0 atom stereocenters. The largest absolute Gasteiger partial charge is 0.480 e. The number of carboxylic acid groups (broad SMARTS) is 1. The highest BCUT2D eigenvalue weighted by atomic mass is 35.5. The molecule has 0 spiro atoms. The van der Waals surface area contributed by atoms with Crippen LogP contribution in [0.5, 0.6) is 0 Å². The van der Waals surface area contributed by atoms with Gasteiger partial charge in [0.15, 0.2) is 0 Å². The van der Waals surface area contributed by atoms with Crippen molar-refractivity contribution in [2.75, 3.05) is 11.4 Å². The number of carbonyl (C=O) groups excluding carboxylic acids is 1. The summed E-state index contributed by atoms with van der Waals surface area (Å²) in [6, 6.07) is 22.5. The maximum absolute atomic E-state index is 13.8. The molecule has 0 aliphatic carbocycles. The van der Waals surface area contributed by atoms with E-state index in [1.54, 1.807) is 45.0 Å². The molecule has 2 aromatic heterocycles. The Kier molecular flexibility index (Phi) is 9.80. The first-order chi connectivity index (χ1) is 20.3. The normalized spacial score (nSPS) is 11.7. The molecule has 2 heterocycles. The van der Waals surface area contributed by atoms with E-state index in [-0.39, 0.29) is 23.8 Å². The number of halogens is 1. The molecule has 1 amide bonds. The number of carboxylic acids is 1. The minimum absolute atomic E-state index is 0.00481. The highest BCUT2D eigenvalue weighted by molar-refractivity contribution is 7.89. The number of hydrogen-bond acceptors (Lipinski definition) is 7. The molecule has 0 saturated heterocycles. The van der Waals surface area contributed by atoms with Gasteiger partial charge in [0.2, 0.25) is 10.0 Å². The molecule has 0 radical (unpaired) electrons. The van der Waals surface area contributed by atoms with Crippen LogP contribution in [0.4, 0.5) is 10.6 Å². The molecule has 0 aliphatic rings. The summed E-state index contributed by atoms with van der Waals surface area (Å²) < 4.78 is 34.2. The summed E-state index contributed by atoms with van der Waals surface area (Å²) in [5.74, 6) is -1.25. The summed E-state index contributed by atoms with van der Waals surface area (Å²) in [6.45, 7) is 4.14. The minimum atomic E-state index is -4.04. The van der Waals surface area contributed by atoms with Crippen LogP contribution in [-0.2, 0) is 32.6 Å². The molecule has 2 aromatic carbocycles. The third-order valence-electron chi connectivity index (χ3n) is 6.08. The molecular formula is C31H31ClN4O6S. The maximum Gasteiger partial charge on any atom is 0.416 e. The maximum atomic E-state index is 13.8. The van der Waals surface area contributed by atoms with Crippen LogP contribution in [0.1, 0.15) is 32.0 Å². The highest BCUT2D eigenvalue weighted by Crippen LogP contribution is 2.25.